The third kappa shape index (κ3) is 3.06. The van der Waals surface area contributed by atoms with Gasteiger partial charge in [0.1, 0.15) is 0 Å². The van der Waals surface area contributed by atoms with E-state index in [2.05, 4.69) is 21.2 Å². The van der Waals surface area contributed by atoms with Crippen molar-refractivity contribution in [1.29, 1.82) is 0 Å². The fourth-order valence-electron chi connectivity index (χ4n) is 2.31. The molecule has 0 bridgehead atoms. The Bertz CT molecular complexity index is 336. The highest BCUT2D eigenvalue weighted by Gasteiger charge is 2.19. The summed E-state index contributed by atoms with van der Waals surface area (Å²) in [5, 5.41) is 13.6. The van der Waals surface area contributed by atoms with Crippen LogP contribution in [0.15, 0.2) is 28.7 Å². The lowest BCUT2D eigenvalue weighted by Crippen LogP contribution is -2.28. The van der Waals surface area contributed by atoms with Crippen LogP contribution in [0, 0.1) is 5.92 Å². The van der Waals surface area contributed by atoms with Gasteiger partial charge in [-0.05, 0) is 49.9 Å². The summed E-state index contributed by atoms with van der Waals surface area (Å²) in [7, 11) is 0. The number of hydrogen-bond donors (Lipinski definition) is 2. The van der Waals surface area contributed by atoms with Gasteiger partial charge >= 0.3 is 0 Å². The van der Waals surface area contributed by atoms with Crippen molar-refractivity contribution in [3.8, 4) is 0 Å². The Hall–Kier alpha value is -0.380. The molecular formula is C13H18BrNO. The molecule has 2 N–H and O–H groups in total. The maximum absolute atomic E-state index is 10.2. The van der Waals surface area contributed by atoms with Gasteiger partial charge in [-0.15, -0.1) is 0 Å². The van der Waals surface area contributed by atoms with Crippen molar-refractivity contribution in [2.75, 3.05) is 13.1 Å². The molecule has 3 heteroatoms. The summed E-state index contributed by atoms with van der Waals surface area (Å²) < 4.78 is 1.01. The van der Waals surface area contributed by atoms with E-state index in [1.807, 2.05) is 24.3 Å². The molecule has 1 aliphatic heterocycles. The third-order valence-electron chi connectivity index (χ3n) is 3.28. The lowest BCUT2D eigenvalue weighted by Gasteiger charge is -2.25. The summed E-state index contributed by atoms with van der Waals surface area (Å²) in [6.45, 7) is 2.18. The zero-order chi connectivity index (χ0) is 11.4. The fourth-order valence-corrected chi connectivity index (χ4v) is 2.85. The molecule has 0 aliphatic carbocycles. The minimum atomic E-state index is -0.335. The second-order valence-electron chi connectivity index (χ2n) is 4.47. The van der Waals surface area contributed by atoms with Crippen LogP contribution in [0.4, 0.5) is 0 Å². The van der Waals surface area contributed by atoms with Gasteiger partial charge in [0.15, 0.2) is 0 Å². The molecule has 0 saturated carbocycles. The Balaban J connectivity index is 1.96. The first-order valence-electron chi connectivity index (χ1n) is 5.90. The Labute approximate surface area is 105 Å². The molecule has 1 aromatic rings. The molecule has 0 aromatic heterocycles. The largest absolute Gasteiger partial charge is 0.388 e. The lowest BCUT2D eigenvalue weighted by molar-refractivity contribution is 0.133. The van der Waals surface area contributed by atoms with Crippen LogP contribution >= 0.6 is 15.9 Å². The Morgan fingerprint density at radius 2 is 2.00 bits per heavy atom. The Morgan fingerprint density at radius 1 is 1.31 bits per heavy atom. The highest BCUT2D eigenvalue weighted by atomic mass is 79.9. The Morgan fingerprint density at radius 3 is 2.69 bits per heavy atom. The van der Waals surface area contributed by atoms with Gasteiger partial charge in [-0.25, -0.2) is 0 Å². The van der Waals surface area contributed by atoms with Crippen LogP contribution in [0.1, 0.15) is 30.9 Å². The molecule has 0 spiro atoms. The summed E-state index contributed by atoms with van der Waals surface area (Å²) in [6.07, 6.45) is 2.91. The SMILES string of the molecule is OC(CC1CCNCC1)c1ccccc1Br. The number of hydrogen-bond acceptors (Lipinski definition) is 2. The second kappa shape index (κ2) is 5.80. The van der Waals surface area contributed by atoms with Gasteiger partial charge in [0, 0.05) is 4.47 Å². The van der Waals surface area contributed by atoms with Crippen molar-refractivity contribution < 1.29 is 5.11 Å². The van der Waals surface area contributed by atoms with Gasteiger partial charge in [0.2, 0.25) is 0 Å². The molecule has 2 rings (SSSR count). The molecule has 0 radical (unpaired) electrons. The van der Waals surface area contributed by atoms with Crippen LogP contribution in [0.3, 0.4) is 0 Å². The van der Waals surface area contributed by atoms with E-state index >= 15 is 0 Å². The molecule has 1 unspecified atom stereocenters. The smallest absolute Gasteiger partial charge is 0.0803 e. The predicted octanol–water partition coefficient (Wildman–Crippen LogP) is 2.87. The molecule has 1 atom stereocenters. The van der Waals surface area contributed by atoms with Crippen LogP contribution in [0.5, 0.6) is 0 Å². The first-order valence-corrected chi connectivity index (χ1v) is 6.70. The van der Waals surface area contributed by atoms with Crippen LogP contribution < -0.4 is 5.32 Å². The molecule has 0 amide bonds. The molecule has 16 heavy (non-hydrogen) atoms. The zero-order valence-corrected chi connectivity index (χ0v) is 10.9. The maximum atomic E-state index is 10.2. The van der Waals surface area contributed by atoms with E-state index in [4.69, 9.17) is 0 Å². The summed E-state index contributed by atoms with van der Waals surface area (Å²) >= 11 is 3.49. The van der Waals surface area contributed by atoms with E-state index < -0.39 is 0 Å². The van der Waals surface area contributed by atoms with Crippen molar-refractivity contribution in [3.05, 3.63) is 34.3 Å². The van der Waals surface area contributed by atoms with E-state index in [0.717, 1.165) is 29.5 Å². The predicted molar refractivity (Wildman–Crippen MR) is 69.3 cm³/mol. The topological polar surface area (TPSA) is 32.3 Å². The van der Waals surface area contributed by atoms with Crippen molar-refractivity contribution in [3.63, 3.8) is 0 Å². The molecule has 1 aliphatic rings. The molecular weight excluding hydrogens is 266 g/mol. The van der Waals surface area contributed by atoms with E-state index in [-0.39, 0.29) is 6.10 Å². The van der Waals surface area contributed by atoms with Crippen LogP contribution in [0.25, 0.3) is 0 Å². The van der Waals surface area contributed by atoms with E-state index in [1.165, 1.54) is 12.8 Å². The minimum absolute atomic E-state index is 0.335. The molecule has 1 fully saturated rings. The van der Waals surface area contributed by atoms with Crippen LogP contribution in [-0.2, 0) is 0 Å². The van der Waals surface area contributed by atoms with Crippen LogP contribution in [-0.4, -0.2) is 18.2 Å². The van der Waals surface area contributed by atoms with Crippen molar-refractivity contribution >= 4 is 15.9 Å². The monoisotopic (exact) mass is 283 g/mol. The third-order valence-corrected chi connectivity index (χ3v) is 4.00. The Kier molecular flexibility index (Phi) is 4.38. The number of aliphatic hydroxyl groups excluding tert-OH is 1. The van der Waals surface area contributed by atoms with Gasteiger partial charge in [0.25, 0.3) is 0 Å². The van der Waals surface area contributed by atoms with Crippen LogP contribution in [0.2, 0.25) is 0 Å². The standard InChI is InChI=1S/C13H18BrNO/c14-12-4-2-1-3-11(12)13(16)9-10-5-7-15-8-6-10/h1-4,10,13,15-16H,5-9H2. The van der Waals surface area contributed by atoms with Gasteiger partial charge in [0.05, 0.1) is 6.10 Å². The molecule has 1 aromatic carbocycles. The van der Waals surface area contributed by atoms with Gasteiger partial charge < -0.3 is 10.4 Å². The number of benzene rings is 1. The summed E-state index contributed by atoms with van der Waals surface area (Å²) in [5.74, 6) is 0.656. The quantitative estimate of drug-likeness (QED) is 0.894. The number of nitrogens with one attached hydrogen (secondary N) is 1. The summed E-state index contributed by atoms with van der Waals surface area (Å²) in [5.41, 5.74) is 1.01. The maximum Gasteiger partial charge on any atom is 0.0803 e. The van der Waals surface area contributed by atoms with Crippen molar-refractivity contribution in [1.82, 2.24) is 5.32 Å². The summed E-state index contributed by atoms with van der Waals surface area (Å²) in [4.78, 5) is 0. The highest BCUT2D eigenvalue weighted by Crippen LogP contribution is 2.30. The molecule has 1 saturated heterocycles. The number of piperidine rings is 1. The number of rotatable bonds is 3. The van der Waals surface area contributed by atoms with Gasteiger partial charge in [-0.1, -0.05) is 34.1 Å². The minimum Gasteiger partial charge on any atom is -0.388 e. The normalized spacial score (nSPS) is 19.6. The van der Waals surface area contributed by atoms with Gasteiger partial charge in [-0.2, -0.15) is 0 Å². The van der Waals surface area contributed by atoms with E-state index in [0.29, 0.717) is 5.92 Å². The average Bonchev–Trinajstić information content (AvgIpc) is 2.31. The first-order chi connectivity index (χ1) is 7.77. The molecule has 88 valence electrons. The van der Waals surface area contributed by atoms with E-state index in [9.17, 15) is 5.11 Å². The fraction of sp³-hybridized carbons (Fsp3) is 0.538. The summed E-state index contributed by atoms with van der Waals surface area (Å²) in [6, 6.07) is 7.94. The number of aliphatic hydroxyl groups is 1. The van der Waals surface area contributed by atoms with Crippen molar-refractivity contribution in [2.24, 2.45) is 5.92 Å². The van der Waals surface area contributed by atoms with E-state index in [1.54, 1.807) is 0 Å². The molecule has 1 heterocycles. The molecule has 2 nitrogen and oxygen atoms in total. The number of halogens is 1. The average molecular weight is 284 g/mol. The van der Waals surface area contributed by atoms with Crippen molar-refractivity contribution in [2.45, 2.75) is 25.4 Å². The zero-order valence-electron chi connectivity index (χ0n) is 9.32. The van der Waals surface area contributed by atoms with Gasteiger partial charge in [-0.3, -0.25) is 0 Å². The lowest BCUT2D eigenvalue weighted by atomic mass is 9.90. The highest BCUT2D eigenvalue weighted by molar-refractivity contribution is 9.10. The second-order valence-corrected chi connectivity index (χ2v) is 5.32. The first kappa shape index (κ1) is 12.1.